The number of carbonyl (C=O) groups is 2. The van der Waals surface area contributed by atoms with Gasteiger partial charge in [-0.05, 0) is 42.5 Å². The van der Waals surface area contributed by atoms with E-state index in [-0.39, 0.29) is 16.9 Å². The van der Waals surface area contributed by atoms with E-state index in [9.17, 15) is 14.7 Å². The quantitative estimate of drug-likeness (QED) is 0.346. The molecule has 9 heteroatoms. The van der Waals surface area contributed by atoms with Gasteiger partial charge in [0.05, 0.1) is 17.2 Å². The SMILES string of the molecule is NNNNc1ccc(Oc2cc(C(=O)[O-])cc(C(=O)O)c2)cc1. The van der Waals surface area contributed by atoms with E-state index in [0.29, 0.717) is 11.4 Å². The summed E-state index contributed by atoms with van der Waals surface area (Å²) in [6.45, 7) is 0. The molecule has 9 nitrogen and oxygen atoms in total. The fraction of sp³-hybridized carbons (Fsp3) is 0. The predicted molar refractivity (Wildman–Crippen MR) is 78.3 cm³/mol. The highest BCUT2D eigenvalue weighted by Gasteiger charge is 2.09. The van der Waals surface area contributed by atoms with Crippen molar-refractivity contribution in [2.75, 3.05) is 5.43 Å². The van der Waals surface area contributed by atoms with E-state index in [1.54, 1.807) is 24.3 Å². The van der Waals surface area contributed by atoms with Gasteiger partial charge in [0, 0.05) is 5.56 Å². The number of carbonyl (C=O) groups excluding carboxylic acids is 1. The van der Waals surface area contributed by atoms with E-state index in [0.717, 1.165) is 6.07 Å². The standard InChI is InChI=1S/C14H14N4O5/c15-17-18-16-10-1-3-11(4-2-10)23-12-6-8(13(19)20)5-9(7-12)14(21)22/h1-7,16-18H,15H2,(H,19,20)(H,21,22)/p-1. The van der Waals surface area contributed by atoms with Crippen LogP contribution >= 0.6 is 0 Å². The summed E-state index contributed by atoms with van der Waals surface area (Å²) in [5, 5.41) is 19.9. The van der Waals surface area contributed by atoms with Crippen molar-refractivity contribution >= 4 is 17.6 Å². The fourth-order valence-corrected chi connectivity index (χ4v) is 1.75. The van der Waals surface area contributed by atoms with Crippen LogP contribution in [0.15, 0.2) is 42.5 Å². The number of aromatic carboxylic acids is 2. The highest BCUT2D eigenvalue weighted by molar-refractivity contribution is 5.93. The van der Waals surface area contributed by atoms with Crippen LogP contribution in [0, 0.1) is 0 Å². The summed E-state index contributed by atoms with van der Waals surface area (Å²) in [6, 6.07) is 9.96. The lowest BCUT2D eigenvalue weighted by molar-refractivity contribution is -0.255. The summed E-state index contributed by atoms with van der Waals surface area (Å²) in [6.07, 6.45) is 0. The predicted octanol–water partition coefficient (Wildman–Crippen LogP) is -0.165. The van der Waals surface area contributed by atoms with Crippen molar-refractivity contribution in [3.63, 3.8) is 0 Å². The fourth-order valence-electron chi connectivity index (χ4n) is 1.75. The number of carboxylic acids is 2. The second-order valence-electron chi connectivity index (χ2n) is 4.36. The Bertz CT molecular complexity index is 685. The number of anilines is 1. The van der Waals surface area contributed by atoms with E-state index in [2.05, 4.69) is 16.5 Å². The zero-order valence-electron chi connectivity index (χ0n) is 11.7. The lowest BCUT2D eigenvalue weighted by atomic mass is 10.1. The summed E-state index contributed by atoms with van der Waals surface area (Å²) in [4.78, 5) is 22.0. The van der Waals surface area contributed by atoms with Gasteiger partial charge in [0.1, 0.15) is 11.5 Å². The Morgan fingerprint density at radius 1 is 1.04 bits per heavy atom. The average molecular weight is 317 g/mol. The van der Waals surface area contributed by atoms with Crippen LogP contribution in [0.1, 0.15) is 20.7 Å². The summed E-state index contributed by atoms with van der Waals surface area (Å²) in [5.74, 6) is 2.75. The van der Waals surface area contributed by atoms with Crippen molar-refractivity contribution in [1.29, 1.82) is 0 Å². The number of hydrazine groups is 3. The van der Waals surface area contributed by atoms with Crippen LogP contribution in [0.2, 0.25) is 0 Å². The topological polar surface area (TPSA) is 149 Å². The molecule has 23 heavy (non-hydrogen) atoms. The van der Waals surface area contributed by atoms with E-state index >= 15 is 0 Å². The number of carboxylic acid groups (broad SMARTS) is 2. The Labute approximate surface area is 130 Å². The number of ether oxygens (including phenoxy) is 1. The third kappa shape index (κ3) is 4.41. The van der Waals surface area contributed by atoms with Crippen molar-refractivity contribution in [2.24, 2.45) is 5.84 Å². The van der Waals surface area contributed by atoms with Gasteiger partial charge in [-0.25, -0.2) is 4.79 Å². The Morgan fingerprint density at radius 2 is 1.70 bits per heavy atom. The molecule has 6 N–H and O–H groups in total. The number of hydrogen-bond acceptors (Lipinski definition) is 8. The zero-order valence-corrected chi connectivity index (χ0v) is 11.7. The van der Waals surface area contributed by atoms with Gasteiger partial charge < -0.3 is 25.2 Å². The molecule has 0 amide bonds. The summed E-state index contributed by atoms with van der Waals surface area (Å²) in [7, 11) is 0. The lowest BCUT2D eigenvalue weighted by Gasteiger charge is -2.11. The van der Waals surface area contributed by atoms with Crippen LogP contribution in [0.5, 0.6) is 11.5 Å². The molecule has 2 aromatic rings. The lowest BCUT2D eigenvalue weighted by Crippen LogP contribution is -2.41. The zero-order chi connectivity index (χ0) is 16.8. The summed E-state index contributed by atoms with van der Waals surface area (Å²) in [5.41, 5.74) is 7.59. The van der Waals surface area contributed by atoms with Gasteiger partial charge in [-0.15, -0.1) is 0 Å². The number of nitrogens with one attached hydrogen (secondary N) is 3. The third-order valence-corrected chi connectivity index (χ3v) is 2.76. The molecule has 0 radical (unpaired) electrons. The van der Waals surface area contributed by atoms with Gasteiger partial charge in [0.25, 0.3) is 0 Å². The molecule has 0 fully saturated rings. The largest absolute Gasteiger partial charge is 0.545 e. The van der Waals surface area contributed by atoms with Crippen LogP contribution in [-0.2, 0) is 0 Å². The van der Waals surface area contributed by atoms with Crippen LogP contribution in [0.25, 0.3) is 0 Å². The molecule has 0 saturated heterocycles. The van der Waals surface area contributed by atoms with Crippen molar-refractivity contribution in [1.82, 2.24) is 11.1 Å². The molecule has 2 aromatic carbocycles. The normalized spacial score (nSPS) is 10.1. The number of hydrogen-bond donors (Lipinski definition) is 5. The van der Waals surface area contributed by atoms with Crippen LogP contribution in [0.4, 0.5) is 5.69 Å². The van der Waals surface area contributed by atoms with Gasteiger partial charge in [-0.2, -0.15) is 11.1 Å². The van der Waals surface area contributed by atoms with E-state index in [1.165, 1.54) is 12.1 Å². The Hall–Kier alpha value is -3.14. The van der Waals surface area contributed by atoms with Crippen LogP contribution < -0.4 is 32.2 Å². The molecule has 0 aliphatic rings. The minimum Gasteiger partial charge on any atom is -0.545 e. The summed E-state index contributed by atoms with van der Waals surface area (Å²) >= 11 is 0. The van der Waals surface area contributed by atoms with Gasteiger partial charge in [-0.1, -0.05) is 0 Å². The third-order valence-electron chi connectivity index (χ3n) is 2.76. The smallest absolute Gasteiger partial charge is 0.335 e. The average Bonchev–Trinajstić information content (AvgIpc) is 2.53. The number of rotatable bonds is 7. The Balaban J connectivity index is 2.21. The molecular weight excluding hydrogens is 304 g/mol. The monoisotopic (exact) mass is 317 g/mol. The second-order valence-corrected chi connectivity index (χ2v) is 4.36. The number of nitrogens with two attached hydrogens (primary N) is 1. The molecule has 120 valence electrons. The van der Waals surface area contributed by atoms with Crippen molar-refractivity contribution in [2.45, 2.75) is 0 Å². The van der Waals surface area contributed by atoms with Gasteiger partial charge in [-0.3, -0.25) is 5.84 Å². The molecule has 0 aromatic heterocycles. The maximum Gasteiger partial charge on any atom is 0.335 e. The molecule has 0 unspecified atom stereocenters. The highest BCUT2D eigenvalue weighted by atomic mass is 16.5. The van der Waals surface area contributed by atoms with Gasteiger partial charge in [0.15, 0.2) is 0 Å². The first-order valence-electron chi connectivity index (χ1n) is 6.34. The summed E-state index contributed by atoms with van der Waals surface area (Å²) < 4.78 is 5.48. The molecule has 0 spiro atoms. The molecule has 0 atom stereocenters. The molecule has 0 bridgehead atoms. The maximum absolute atomic E-state index is 11.0. The molecule has 0 aliphatic carbocycles. The maximum atomic E-state index is 11.0. The highest BCUT2D eigenvalue weighted by Crippen LogP contribution is 2.25. The van der Waals surface area contributed by atoms with E-state index in [4.69, 9.17) is 15.7 Å². The van der Waals surface area contributed by atoms with E-state index < -0.39 is 11.9 Å². The molecular formula is C14H13N4O5-. The van der Waals surface area contributed by atoms with Crippen molar-refractivity contribution in [3.05, 3.63) is 53.6 Å². The minimum atomic E-state index is -1.49. The second kappa shape index (κ2) is 7.22. The first-order valence-corrected chi connectivity index (χ1v) is 6.34. The molecule has 0 aliphatic heterocycles. The van der Waals surface area contributed by atoms with Crippen LogP contribution in [0.3, 0.4) is 0 Å². The van der Waals surface area contributed by atoms with E-state index in [1.807, 2.05) is 0 Å². The first kappa shape index (κ1) is 16.2. The van der Waals surface area contributed by atoms with Crippen molar-refractivity contribution < 1.29 is 24.5 Å². The van der Waals surface area contributed by atoms with Crippen molar-refractivity contribution in [3.8, 4) is 11.5 Å². The first-order chi connectivity index (χ1) is 11.0. The number of benzene rings is 2. The van der Waals surface area contributed by atoms with Gasteiger partial charge >= 0.3 is 5.97 Å². The Morgan fingerprint density at radius 3 is 2.26 bits per heavy atom. The Kier molecular flexibility index (Phi) is 5.10. The molecule has 0 saturated carbocycles. The molecule has 2 rings (SSSR count). The van der Waals surface area contributed by atoms with Crippen LogP contribution in [-0.4, -0.2) is 17.0 Å². The minimum absolute atomic E-state index is 0.0755. The van der Waals surface area contributed by atoms with Gasteiger partial charge in [0.2, 0.25) is 0 Å². The molecule has 0 heterocycles.